The highest BCUT2D eigenvalue weighted by Crippen LogP contribution is 2.17. The minimum atomic E-state index is -3.25. The van der Waals surface area contributed by atoms with Gasteiger partial charge < -0.3 is 9.73 Å². The number of benzene rings is 2. The minimum Gasteiger partial charge on any atom is -0.464 e. The summed E-state index contributed by atoms with van der Waals surface area (Å²) in [6.45, 7) is 1.38. The van der Waals surface area contributed by atoms with E-state index in [2.05, 4.69) is 16.1 Å². The Balaban J connectivity index is 1.60. The van der Waals surface area contributed by atoms with E-state index in [-0.39, 0.29) is 0 Å². The van der Waals surface area contributed by atoms with Gasteiger partial charge in [0.2, 0.25) is 10.0 Å². The van der Waals surface area contributed by atoms with E-state index in [0.717, 1.165) is 29.3 Å². The number of rotatable bonds is 6. The maximum Gasteiger partial charge on any atom is 0.229 e. The van der Waals surface area contributed by atoms with Crippen LogP contribution >= 0.6 is 0 Å². The molecule has 0 atom stereocenters. The number of hydrogen-bond acceptors (Lipinski definition) is 4. The molecule has 0 fully saturated rings. The lowest BCUT2D eigenvalue weighted by atomic mass is 10.1. The molecule has 0 spiro atoms. The van der Waals surface area contributed by atoms with Crippen LogP contribution in [0.4, 0.5) is 5.69 Å². The molecule has 0 aliphatic carbocycles. The van der Waals surface area contributed by atoms with Gasteiger partial charge in [-0.3, -0.25) is 4.72 Å². The van der Waals surface area contributed by atoms with Gasteiger partial charge in [0.15, 0.2) is 0 Å². The van der Waals surface area contributed by atoms with Crippen molar-refractivity contribution in [2.24, 2.45) is 0 Å². The minimum absolute atomic E-state index is 0.576. The Morgan fingerprint density at radius 2 is 1.78 bits per heavy atom. The zero-order valence-corrected chi connectivity index (χ0v) is 13.6. The Morgan fingerprint density at radius 1 is 1.00 bits per heavy atom. The van der Waals surface area contributed by atoms with Crippen molar-refractivity contribution in [1.82, 2.24) is 5.32 Å². The molecular formula is C17H18N2O3S. The Kier molecular flexibility index (Phi) is 4.36. The molecule has 0 bridgehead atoms. The van der Waals surface area contributed by atoms with Crippen LogP contribution in [0.3, 0.4) is 0 Å². The van der Waals surface area contributed by atoms with Gasteiger partial charge in [-0.1, -0.05) is 18.2 Å². The zero-order chi connectivity index (χ0) is 16.3. The third kappa shape index (κ3) is 4.34. The van der Waals surface area contributed by atoms with Crippen LogP contribution in [-0.2, 0) is 23.1 Å². The number of furan rings is 1. The number of hydrogen-bond donors (Lipinski definition) is 2. The normalized spacial score (nSPS) is 11.7. The van der Waals surface area contributed by atoms with Gasteiger partial charge in [-0.05, 0) is 41.5 Å². The van der Waals surface area contributed by atoms with Crippen LogP contribution < -0.4 is 10.0 Å². The summed E-state index contributed by atoms with van der Waals surface area (Å²) in [5, 5.41) is 4.44. The van der Waals surface area contributed by atoms with Gasteiger partial charge in [-0.2, -0.15) is 0 Å². The monoisotopic (exact) mass is 330 g/mol. The Bertz CT molecular complexity index is 916. The second-order valence-corrected chi connectivity index (χ2v) is 7.22. The molecule has 3 aromatic rings. The first-order chi connectivity index (χ1) is 11.0. The van der Waals surface area contributed by atoms with Gasteiger partial charge in [0.25, 0.3) is 0 Å². The molecule has 2 N–H and O–H groups in total. The van der Waals surface area contributed by atoms with E-state index in [4.69, 9.17) is 4.42 Å². The van der Waals surface area contributed by atoms with Crippen LogP contribution in [0, 0.1) is 0 Å². The molecule has 0 aliphatic heterocycles. The van der Waals surface area contributed by atoms with Crippen molar-refractivity contribution in [3.63, 3.8) is 0 Å². The molecule has 0 unspecified atom stereocenters. The fourth-order valence-electron chi connectivity index (χ4n) is 2.44. The topological polar surface area (TPSA) is 71.3 Å². The first-order valence-electron chi connectivity index (χ1n) is 7.23. The third-order valence-electron chi connectivity index (χ3n) is 3.41. The van der Waals surface area contributed by atoms with Gasteiger partial charge in [0, 0.05) is 24.2 Å². The van der Waals surface area contributed by atoms with E-state index in [9.17, 15) is 8.42 Å². The van der Waals surface area contributed by atoms with Crippen molar-refractivity contribution in [3.8, 4) is 0 Å². The molecule has 0 saturated heterocycles. The Labute approximate surface area is 135 Å². The van der Waals surface area contributed by atoms with Crippen LogP contribution in [0.25, 0.3) is 11.0 Å². The quantitative estimate of drug-likeness (QED) is 0.728. The molecule has 3 rings (SSSR count). The molecule has 6 heteroatoms. The number of anilines is 1. The van der Waals surface area contributed by atoms with E-state index in [1.807, 2.05) is 36.4 Å². The van der Waals surface area contributed by atoms with Crippen molar-refractivity contribution in [2.75, 3.05) is 11.0 Å². The highest BCUT2D eigenvalue weighted by atomic mass is 32.2. The molecule has 5 nitrogen and oxygen atoms in total. The number of sulfonamides is 1. The van der Waals surface area contributed by atoms with E-state index < -0.39 is 10.0 Å². The van der Waals surface area contributed by atoms with Crippen molar-refractivity contribution < 1.29 is 12.8 Å². The smallest absolute Gasteiger partial charge is 0.229 e. The number of fused-ring (bicyclic) bond motifs is 1. The van der Waals surface area contributed by atoms with Gasteiger partial charge in [0.1, 0.15) is 5.58 Å². The zero-order valence-electron chi connectivity index (χ0n) is 12.7. The summed E-state index contributed by atoms with van der Waals surface area (Å²) in [4.78, 5) is 0. The molecule has 2 aromatic carbocycles. The highest BCUT2D eigenvalue weighted by molar-refractivity contribution is 7.92. The van der Waals surface area contributed by atoms with Crippen LogP contribution in [0.1, 0.15) is 11.1 Å². The number of nitrogens with one attached hydrogen (secondary N) is 2. The molecule has 120 valence electrons. The highest BCUT2D eigenvalue weighted by Gasteiger charge is 2.03. The van der Waals surface area contributed by atoms with Crippen molar-refractivity contribution in [3.05, 3.63) is 65.9 Å². The average Bonchev–Trinajstić information content (AvgIpc) is 2.93. The SMILES string of the molecule is CS(=O)(=O)Nc1cccc(CNCc2ccc3occc3c2)c1. The van der Waals surface area contributed by atoms with Gasteiger partial charge in [0.05, 0.1) is 12.5 Å². The van der Waals surface area contributed by atoms with E-state index in [1.54, 1.807) is 12.3 Å². The van der Waals surface area contributed by atoms with Crippen LogP contribution in [0.15, 0.2) is 59.2 Å². The molecular weight excluding hydrogens is 312 g/mol. The summed E-state index contributed by atoms with van der Waals surface area (Å²) >= 11 is 0. The van der Waals surface area contributed by atoms with Gasteiger partial charge >= 0.3 is 0 Å². The average molecular weight is 330 g/mol. The predicted octanol–water partition coefficient (Wildman–Crippen LogP) is 3.09. The second kappa shape index (κ2) is 6.44. The summed E-state index contributed by atoms with van der Waals surface area (Å²) in [6.07, 6.45) is 2.83. The summed E-state index contributed by atoms with van der Waals surface area (Å²) < 4.78 is 30.3. The predicted molar refractivity (Wildman–Crippen MR) is 91.7 cm³/mol. The molecule has 0 amide bonds. The maximum absolute atomic E-state index is 11.3. The van der Waals surface area contributed by atoms with Crippen molar-refractivity contribution in [1.29, 1.82) is 0 Å². The summed E-state index contributed by atoms with van der Waals surface area (Å²) in [5.74, 6) is 0. The molecule has 1 heterocycles. The van der Waals surface area contributed by atoms with E-state index in [0.29, 0.717) is 12.2 Å². The first kappa shape index (κ1) is 15.6. The molecule has 0 radical (unpaired) electrons. The molecule has 0 aliphatic rings. The van der Waals surface area contributed by atoms with E-state index >= 15 is 0 Å². The summed E-state index contributed by atoms with van der Waals surface area (Å²) in [6, 6.07) is 15.4. The summed E-state index contributed by atoms with van der Waals surface area (Å²) in [5.41, 5.74) is 3.65. The Hall–Kier alpha value is -2.31. The Morgan fingerprint density at radius 3 is 2.57 bits per heavy atom. The molecule has 0 saturated carbocycles. The van der Waals surface area contributed by atoms with Crippen LogP contribution in [-0.4, -0.2) is 14.7 Å². The standard InChI is InChI=1S/C17H18N2O3S/c1-23(20,21)19-16-4-2-3-13(10-16)11-18-12-14-5-6-17-15(9-14)7-8-22-17/h2-10,18-19H,11-12H2,1H3. The molecule has 1 aromatic heterocycles. The first-order valence-corrected chi connectivity index (χ1v) is 9.12. The van der Waals surface area contributed by atoms with E-state index in [1.165, 1.54) is 5.56 Å². The van der Waals surface area contributed by atoms with Crippen molar-refractivity contribution >= 4 is 26.7 Å². The summed E-state index contributed by atoms with van der Waals surface area (Å²) in [7, 11) is -3.25. The fourth-order valence-corrected chi connectivity index (χ4v) is 2.99. The lowest BCUT2D eigenvalue weighted by Gasteiger charge is -2.08. The largest absolute Gasteiger partial charge is 0.464 e. The lowest BCUT2D eigenvalue weighted by Crippen LogP contribution is -2.13. The van der Waals surface area contributed by atoms with Crippen LogP contribution in [0.2, 0.25) is 0 Å². The second-order valence-electron chi connectivity index (χ2n) is 5.47. The maximum atomic E-state index is 11.3. The van der Waals surface area contributed by atoms with Gasteiger partial charge in [-0.15, -0.1) is 0 Å². The van der Waals surface area contributed by atoms with Crippen molar-refractivity contribution in [2.45, 2.75) is 13.1 Å². The lowest BCUT2D eigenvalue weighted by molar-refractivity contribution is 0.606. The fraction of sp³-hybridized carbons (Fsp3) is 0.176. The third-order valence-corrected chi connectivity index (χ3v) is 4.01. The molecule has 23 heavy (non-hydrogen) atoms. The van der Waals surface area contributed by atoms with Gasteiger partial charge in [-0.25, -0.2) is 8.42 Å². The van der Waals surface area contributed by atoms with Crippen LogP contribution in [0.5, 0.6) is 0 Å².